The summed E-state index contributed by atoms with van der Waals surface area (Å²) in [4.78, 5) is 13.9. The average molecular weight is 287 g/mol. The fourth-order valence-electron chi connectivity index (χ4n) is 3.09. The highest BCUT2D eigenvalue weighted by atomic mass is 16.1. The summed E-state index contributed by atoms with van der Waals surface area (Å²) in [5, 5.41) is 3.69. The number of nitrogens with zero attached hydrogens (tertiary/aromatic N) is 1. The van der Waals surface area contributed by atoms with Crippen LogP contribution in [0.5, 0.6) is 0 Å². The molecule has 0 radical (unpaired) electrons. The molecule has 1 saturated heterocycles. The largest absolute Gasteiger partial charge is 0.371 e. The molecule has 0 bridgehead atoms. The quantitative estimate of drug-likeness (QED) is 0.871. The van der Waals surface area contributed by atoms with Crippen molar-refractivity contribution in [2.75, 3.05) is 24.5 Å². The molecule has 1 aromatic carbocycles. The second-order valence-corrected chi connectivity index (χ2v) is 6.50. The third-order valence-corrected chi connectivity index (χ3v) is 4.65. The lowest BCUT2D eigenvalue weighted by molar-refractivity contribution is 0.100. The number of piperidine rings is 1. The summed E-state index contributed by atoms with van der Waals surface area (Å²) in [5.74, 6) is 0.597. The molecule has 1 aliphatic carbocycles. The topological polar surface area (TPSA) is 58.4 Å². The Bertz CT molecular complexity index is 517. The van der Waals surface area contributed by atoms with E-state index in [0.717, 1.165) is 37.5 Å². The highest BCUT2D eigenvalue weighted by Crippen LogP contribution is 2.29. The van der Waals surface area contributed by atoms with Gasteiger partial charge in [-0.1, -0.05) is 6.07 Å². The normalized spacial score (nSPS) is 19.8. The van der Waals surface area contributed by atoms with Gasteiger partial charge in [0.25, 0.3) is 5.91 Å². The minimum Gasteiger partial charge on any atom is -0.371 e. The van der Waals surface area contributed by atoms with Crippen LogP contribution in [0.1, 0.15) is 41.6 Å². The first kappa shape index (κ1) is 14.4. The maximum Gasteiger partial charge on any atom is 0.250 e. The van der Waals surface area contributed by atoms with E-state index in [0.29, 0.717) is 11.6 Å². The van der Waals surface area contributed by atoms with Gasteiger partial charge in [-0.2, -0.15) is 0 Å². The molecule has 1 amide bonds. The van der Waals surface area contributed by atoms with Crippen LogP contribution in [0.4, 0.5) is 5.69 Å². The number of hydrogen-bond donors (Lipinski definition) is 2. The summed E-state index contributed by atoms with van der Waals surface area (Å²) in [6.07, 6.45) is 5.08. The molecule has 4 nitrogen and oxygen atoms in total. The summed E-state index contributed by atoms with van der Waals surface area (Å²) in [5.41, 5.74) is 8.33. The van der Waals surface area contributed by atoms with Crippen molar-refractivity contribution in [3.05, 3.63) is 29.3 Å². The lowest BCUT2D eigenvalue weighted by Crippen LogP contribution is -2.43. The molecule has 4 heteroatoms. The van der Waals surface area contributed by atoms with Gasteiger partial charge in [-0.05, 0) is 62.8 Å². The average Bonchev–Trinajstić information content (AvgIpc) is 3.29. The molecule has 1 heterocycles. The molecule has 2 aliphatic rings. The molecule has 1 aliphatic heterocycles. The minimum absolute atomic E-state index is 0.334. The molecule has 0 spiro atoms. The maximum absolute atomic E-state index is 11.6. The van der Waals surface area contributed by atoms with E-state index in [1.807, 2.05) is 12.1 Å². The number of benzene rings is 1. The monoisotopic (exact) mass is 287 g/mol. The van der Waals surface area contributed by atoms with E-state index >= 15 is 0 Å². The predicted molar refractivity (Wildman–Crippen MR) is 85.7 cm³/mol. The smallest absolute Gasteiger partial charge is 0.250 e. The summed E-state index contributed by atoms with van der Waals surface area (Å²) >= 11 is 0. The molecular weight excluding hydrogens is 262 g/mol. The van der Waals surface area contributed by atoms with Gasteiger partial charge in [0.05, 0.1) is 5.56 Å². The van der Waals surface area contributed by atoms with Crippen molar-refractivity contribution in [2.45, 2.75) is 38.6 Å². The number of carbonyl (C=O) groups excluding carboxylic acids is 1. The predicted octanol–water partition coefficient (Wildman–Crippen LogP) is 2.06. The van der Waals surface area contributed by atoms with E-state index in [1.54, 1.807) is 0 Å². The number of hydrogen-bond acceptors (Lipinski definition) is 3. The Labute approximate surface area is 126 Å². The van der Waals surface area contributed by atoms with Crippen LogP contribution in [0.25, 0.3) is 0 Å². The zero-order valence-electron chi connectivity index (χ0n) is 12.8. The van der Waals surface area contributed by atoms with Gasteiger partial charge in [-0.25, -0.2) is 0 Å². The zero-order chi connectivity index (χ0) is 14.8. The third-order valence-electron chi connectivity index (χ3n) is 4.65. The summed E-state index contributed by atoms with van der Waals surface area (Å²) in [6.45, 7) is 5.22. The van der Waals surface area contributed by atoms with Crippen molar-refractivity contribution in [1.29, 1.82) is 0 Å². The second kappa shape index (κ2) is 6.06. The van der Waals surface area contributed by atoms with Crippen molar-refractivity contribution < 1.29 is 4.79 Å². The number of nitrogens with two attached hydrogens (primary N) is 1. The van der Waals surface area contributed by atoms with Crippen LogP contribution in [0.15, 0.2) is 18.2 Å². The van der Waals surface area contributed by atoms with Gasteiger partial charge in [-0.3, -0.25) is 4.79 Å². The second-order valence-electron chi connectivity index (χ2n) is 6.50. The van der Waals surface area contributed by atoms with Gasteiger partial charge in [0.2, 0.25) is 0 Å². The fourth-order valence-corrected chi connectivity index (χ4v) is 3.09. The van der Waals surface area contributed by atoms with Gasteiger partial charge in [-0.15, -0.1) is 0 Å². The van der Waals surface area contributed by atoms with Crippen LogP contribution < -0.4 is 16.0 Å². The molecule has 0 aromatic heterocycles. The zero-order valence-corrected chi connectivity index (χ0v) is 12.8. The highest BCUT2D eigenvalue weighted by Gasteiger charge is 2.25. The molecule has 1 saturated carbocycles. The van der Waals surface area contributed by atoms with Crippen LogP contribution in [0.2, 0.25) is 0 Å². The van der Waals surface area contributed by atoms with E-state index < -0.39 is 0 Å². The van der Waals surface area contributed by atoms with Gasteiger partial charge in [0.15, 0.2) is 0 Å². The number of anilines is 1. The molecule has 114 valence electrons. The van der Waals surface area contributed by atoms with Gasteiger partial charge in [0, 0.05) is 24.8 Å². The Kier molecular flexibility index (Phi) is 4.15. The van der Waals surface area contributed by atoms with Crippen LogP contribution in [0, 0.1) is 12.8 Å². The number of primary amides is 1. The molecule has 2 fully saturated rings. The molecule has 3 rings (SSSR count). The van der Waals surface area contributed by atoms with Crippen LogP contribution in [0.3, 0.4) is 0 Å². The summed E-state index contributed by atoms with van der Waals surface area (Å²) < 4.78 is 0. The summed E-state index contributed by atoms with van der Waals surface area (Å²) in [7, 11) is 0. The number of amides is 1. The Morgan fingerprint density at radius 1 is 1.29 bits per heavy atom. The van der Waals surface area contributed by atoms with Gasteiger partial charge >= 0.3 is 0 Å². The Hall–Kier alpha value is -1.55. The SMILES string of the molecule is Cc1ccc(C(N)=O)c(N2CCC(NCC3CC3)CC2)c1. The molecule has 3 N–H and O–H groups in total. The highest BCUT2D eigenvalue weighted by molar-refractivity contribution is 5.98. The van der Waals surface area contributed by atoms with E-state index in [4.69, 9.17) is 5.73 Å². The van der Waals surface area contributed by atoms with Crippen molar-refractivity contribution in [3.63, 3.8) is 0 Å². The maximum atomic E-state index is 11.6. The van der Waals surface area contributed by atoms with E-state index in [2.05, 4.69) is 23.2 Å². The Morgan fingerprint density at radius 3 is 2.62 bits per heavy atom. The fraction of sp³-hybridized carbons (Fsp3) is 0.588. The molecule has 0 atom stereocenters. The molecule has 0 unspecified atom stereocenters. The van der Waals surface area contributed by atoms with Gasteiger partial charge in [0.1, 0.15) is 0 Å². The van der Waals surface area contributed by atoms with Crippen LogP contribution >= 0.6 is 0 Å². The lowest BCUT2D eigenvalue weighted by atomic mass is 10.0. The van der Waals surface area contributed by atoms with Crippen LogP contribution in [-0.2, 0) is 0 Å². The van der Waals surface area contributed by atoms with Crippen molar-refractivity contribution in [2.24, 2.45) is 11.7 Å². The van der Waals surface area contributed by atoms with Crippen molar-refractivity contribution >= 4 is 11.6 Å². The van der Waals surface area contributed by atoms with Crippen LogP contribution in [-0.4, -0.2) is 31.6 Å². The number of carbonyl (C=O) groups is 1. The van der Waals surface area contributed by atoms with Crippen molar-refractivity contribution in [1.82, 2.24) is 5.32 Å². The van der Waals surface area contributed by atoms with E-state index in [-0.39, 0.29) is 5.91 Å². The molecular formula is C17H25N3O. The first-order chi connectivity index (χ1) is 10.1. The number of nitrogens with one attached hydrogen (secondary N) is 1. The third kappa shape index (κ3) is 3.56. The standard InChI is InChI=1S/C17H25N3O/c1-12-2-5-15(17(18)21)16(10-12)20-8-6-14(7-9-20)19-11-13-3-4-13/h2,5,10,13-14,19H,3-4,6-9,11H2,1H3,(H2,18,21). The lowest BCUT2D eigenvalue weighted by Gasteiger charge is -2.35. The Morgan fingerprint density at radius 2 is 2.00 bits per heavy atom. The van der Waals surface area contributed by atoms with Gasteiger partial charge < -0.3 is 16.0 Å². The first-order valence-electron chi connectivity index (χ1n) is 8.02. The molecule has 1 aromatic rings. The molecule has 21 heavy (non-hydrogen) atoms. The first-order valence-corrected chi connectivity index (χ1v) is 8.02. The summed E-state index contributed by atoms with van der Waals surface area (Å²) in [6, 6.07) is 6.51. The minimum atomic E-state index is -0.334. The van der Waals surface area contributed by atoms with Crippen molar-refractivity contribution in [3.8, 4) is 0 Å². The number of aryl methyl sites for hydroxylation is 1. The van der Waals surface area contributed by atoms with E-state index in [1.165, 1.54) is 24.9 Å². The van der Waals surface area contributed by atoms with E-state index in [9.17, 15) is 4.79 Å². The number of rotatable bonds is 5. The Balaban J connectivity index is 1.63.